The molecular weight excluding hydrogens is 390 g/mol. The summed E-state index contributed by atoms with van der Waals surface area (Å²) in [5.74, 6) is -1.00. The lowest BCUT2D eigenvalue weighted by Crippen LogP contribution is -2.41. The van der Waals surface area contributed by atoms with E-state index in [2.05, 4.69) is 10.6 Å². The summed E-state index contributed by atoms with van der Waals surface area (Å²) in [5, 5.41) is 10.6. The number of carbonyl (C=O) groups is 2. The molecule has 0 bridgehead atoms. The Labute approximate surface area is 163 Å². The molecule has 2 rings (SSSR count). The number of carbonyl (C=O) groups excluding carboxylic acids is 2. The molecule has 0 aromatic heterocycles. The molecule has 0 fully saturated rings. The van der Waals surface area contributed by atoms with Crippen molar-refractivity contribution in [1.82, 2.24) is 5.32 Å². The van der Waals surface area contributed by atoms with E-state index in [0.717, 1.165) is 0 Å². The standard InChI is InChI=1S/C18H20ClN3O4S/c1-10-8-13(27(20,25)26)9-16(11(10)2)22-17(23)12(3)21-18(24)14-6-4-5-7-15(14)19/h4-9,12H,1-3H3,(H,21,24)(H,22,23)(H2,20,25,26)/t12-/m0/s1. The van der Waals surface area contributed by atoms with E-state index in [1.165, 1.54) is 19.1 Å². The van der Waals surface area contributed by atoms with Gasteiger partial charge in [-0.25, -0.2) is 13.6 Å². The Hall–Kier alpha value is -2.42. The van der Waals surface area contributed by atoms with E-state index in [1.807, 2.05) is 0 Å². The maximum Gasteiger partial charge on any atom is 0.253 e. The molecule has 0 aliphatic rings. The fourth-order valence-corrected chi connectivity index (χ4v) is 3.19. The Kier molecular flexibility index (Phi) is 6.25. The van der Waals surface area contributed by atoms with Crippen molar-refractivity contribution >= 4 is 39.1 Å². The molecule has 0 heterocycles. The Bertz CT molecular complexity index is 1010. The molecule has 2 aromatic carbocycles. The maximum atomic E-state index is 12.4. The number of sulfonamides is 1. The zero-order chi connectivity index (χ0) is 20.4. The monoisotopic (exact) mass is 409 g/mol. The van der Waals surface area contributed by atoms with Crippen LogP contribution in [0.15, 0.2) is 41.3 Å². The summed E-state index contributed by atoms with van der Waals surface area (Å²) in [5.41, 5.74) is 1.91. The minimum atomic E-state index is -3.92. The number of hydrogen-bond donors (Lipinski definition) is 3. The smallest absolute Gasteiger partial charge is 0.253 e. The summed E-state index contributed by atoms with van der Waals surface area (Å²) in [6, 6.07) is 8.32. The van der Waals surface area contributed by atoms with Crippen molar-refractivity contribution in [3.63, 3.8) is 0 Å². The molecular formula is C18H20ClN3O4S. The Morgan fingerprint density at radius 1 is 1.15 bits per heavy atom. The third kappa shape index (κ3) is 5.06. The Morgan fingerprint density at radius 2 is 1.78 bits per heavy atom. The first-order valence-electron chi connectivity index (χ1n) is 8.01. The van der Waals surface area contributed by atoms with Gasteiger partial charge in [0.05, 0.1) is 15.5 Å². The van der Waals surface area contributed by atoms with Gasteiger partial charge in [0.2, 0.25) is 15.9 Å². The van der Waals surface area contributed by atoms with Gasteiger partial charge in [0.1, 0.15) is 6.04 Å². The normalized spacial score (nSPS) is 12.3. The van der Waals surface area contributed by atoms with Gasteiger partial charge in [-0.05, 0) is 56.2 Å². The van der Waals surface area contributed by atoms with E-state index in [-0.39, 0.29) is 15.5 Å². The minimum Gasteiger partial charge on any atom is -0.340 e. The van der Waals surface area contributed by atoms with Crippen LogP contribution in [0, 0.1) is 13.8 Å². The van der Waals surface area contributed by atoms with E-state index in [0.29, 0.717) is 16.8 Å². The quantitative estimate of drug-likeness (QED) is 0.702. The van der Waals surface area contributed by atoms with Gasteiger partial charge < -0.3 is 10.6 Å². The average Bonchev–Trinajstić information content (AvgIpc) is 2.57. The van der Waals surface area contributed by atoms with Crippen LogP contribution in [0.4, 0.5) is 5.69 Å². The number of hydrogen-bond acceptors (Lipinski definition) is 4. The zero-order valence-electron chi connectivity index (χ0n) is 15.0. The third-order valence-corrected chi connectivity index (χ3v) is 5.31. The van der Waals surface area contributed by atoms with E-state index in [4.69, 9.17) is 16.7 Å². The topological polar surface area (TPSA) is 118 Å². The largest absolute Gasteiger partial charge is 0.340 e. The van der Waals surface area contributed by atoms with Crippen LogP contribution < -0.4 is 15.8 Å². The van der Waals surface area contributed by atoms with Crippen LogP contribution in [0.3, 0.4) is 0 Å². The molecule has 0 saturated carbocycles. The van der Waals surface area contributed by atoms with Crippen LogP contribution in [0.5, 0.6) is 0 Å². The Balaban J connectivity index is 2.18. The van der Waals surface area contributed by atoms with Crippen LogP contribution in [0.25, 0.3) is 0 Å². The maximum absolute atomic E-state index is 12.4. The van der Waals surface area contributed by atoms with E-state index in [1.54, 1.807) is 38.1 Å². The molecule has 1 atom stereocenters. The van der Waals surface area contributed by atoms with Crippen molar-refractivity contribution in [2.45, 2.75) is 31.7 Å². The van der Waals surface area contributed by atoms with Gasteiger partial charge in [-0.1, -0.05) is 23.7 Å². The van der Waals surface area contributed by atoms with E-state index >= 15 is 0 Å². The number of rotatable bonds is 5. The van der Waals surface area contributed by atoms with Crippen molar-refractivity contribution in [2.24, 2.45) is 5.14 Å². The van der Waals surface area contributed by atoms with Gasteiger partial charge in [-0.3, -0.25) is 9.59 Å². The van der Waals surface area contributed by atoms with Crippen LogP contribution in [0.1, 0.15) is 28.4 Å². The van der Waals surface area contributed by atoms with E-state index in [9.17, 15) is 18.0 Å². The van der Waals surface area contributed by atoms with Crippen molar-refractivity contribution in [3.05, 3.63) is 58.1 Å². The summed E-state index contributed by atoms with van der Waals surface area (Å²) in [7, 11) is -3.92. The molecule has 7 nitrogen and oxygen atoms in total. The highest BCUT2D eigenvalue weighted by Crippen LogP contribution is 2.23. The van der Waals surface area contributed by atoms with Gasteiger partial charge in [-0.2, -0.15) is 0 Å². The van der Waals surface area contributed by atoms with Gasteiger partial charge in [0, 0.05) is 5.69 Å². The first-order valence-corrected chi connectivity index (χ1v) is 9.93. The number of amides is 2. The molecule has 0 aliphatic heterocycles. The van der Waals surface area contributed by atoms with Crippen molar-refractivity contribution in [1.29, 1.82) is 0 Å². The third-order valence-electron chi connectivity index (χ3n) is 4.09. The second kappa shape index (κ2) is 8.08. The van der Waals surface area contributed by atoms with Crippen molar-refractivity contribution in [3.8, 4) is 0 Å². The van der Waals surface area contributed by atoms with Gasteiger partial charge in [0.25, 0.3) is 5.91 Å². The minimum absolute atomic E-state index is 0.103. The van der Waals surface area contributed by atoms with Crippen LogP contribution in [-0.4, -0.2) is 26.3 Å². The predicted octanol–water partition coefficient (Wildman–Crippen LogP) is 2.36. The molecule has 9 heteroatoms. The fourth-order valence-electron chi connectivity index (χ4n) is 2.35. The zero-order valence-corrected chi connectivity index (χ0v) is 16.6. The van der Waals surface area contributed by atoms with Crippen LogP contribution in [-0.2, 0) is 14.8 Å². The van der Waals surface area contributed by atoms with Crippen LogP contribution >= 0.6 is 11.6 Å². The van der Waals surface area contributed by atoms with Gasteiger partial charge >= 0.3 is 0 Å². The highest BCUT2D eigenvalue weighted by Gasteiger charge is 2.20. The summed E-state index contributed by atoms with van der Waals surface area (Å²) in [6.45, 7) is 4.96. The summed E-state index contributed by atoms with van der Waals surface area (Å²) < 4.78 is 23.2. The molecule has 0 aliphatic carbocycles. The molecule has 4 N–H and O–H groups in total. The predicted molar refractivity (Wildman–Crippen MR) is 104 cm³/mol. The highest BCUT2D eigenvalue weighted by molar-refractivity contribution is 7.89. The van der Waals surface area contributed by atoms with Crippen molar-refractivity contribution < 1.29 is 18.0 Å². The second-order valence-electron chi connectivity index (χ2n) is 6.12. The molecule has 0 saturated heterocycles. The molecule has 0 unspecified atom stereocenters. The summed E-state index contributed by atoms with van der Waals surface area (Å²) >= 11 is 5.98. The molecule has 2 amide bonds. The lowest BCUT2D eigenvalue weighted by Gasteiger charge is -2.17. The van der Waals surface area contributed by atoms with Gasteiger partial charge in [-0.15, -0.1) is 0 Å². The van der Waals surface area contributed by atoms with Gasteiger partial charge in [0.15, 0.2) is 0 Å². The molecule has 2 aromatic rings. The number of primary sulfonamides is 1. The number of nitrogens with one attached hydrogen (secondary N) is 2. The lowest BCUT2D eigenvalue weighted by atomic mass is 10.1. The second-order valence-corrected chi connectivity index (χ2v) is 8.09. The first-order chi connectivity index (χ1) is 12.5. The highest BCUT2D eigenvalue weighted by atomic mass is 35.5. The average molecular weight is 410 g/mol. The number of anilines is 1. The van der Waals surface area contributed by atoms with E-state index < -0.39 is 27.9 Å². The van der Waals surface area contributed by atoms with Crippen LogP contribution in [0.2, 0.25) is 5.02 Å². The number of halogens is 1. The SMILES string of the molecule is Cc1cc(S(N)(=O)=O)cc(NC(=O)[C@H](C)NC(=O)c2ccccc2Cl)c1C. The fraction of sp³-hybridized carbons (Fsp3) is 0.222. The molecule has 27 heavy (non-hydrogen) atoms. The summed E-state index contributed by atoms with van der Waals surface area (Å²) in [6.07, 6.45) is 0. The lowest BCUT2D eigenvalue weighted by molar-refractivity contribution is -0.117. The number of benzene rings is 2. The number of nitrogens with two attached hydrogens (primary N) is 1. The Morgan fingerprint density at radius 3 is 2.37 bits per heavy atom. The molecule has 0 radical (unpaired) electrons. The number of aryl methyl sites for hydroxylation is 1. The first kappa shape index (κ1) is 20.9. The van der Waals surface area contributed by atoms with Crippen molar-refractivity contribution in [2.75, 3.05) is 5.32 Å². The molecule has 0 spiro atoms. The molecule has 144 valence electrons. The summed E-state index contributed by atoms with van der Waals surface area (Å²) in [4.78, 5) is 24.6.